The fraction of sp³-hybridized carbons (Fsp3) is 0.600. The third-order valence-corrected chi connectivity index (χ3v) is 1.82. The zero-order valence-electron chi connectivity index (χ0n) is 7.88. The van der Waals surface area contributed by atoms with Gasteiger partial charge in [-0.2, -0.15) is 0 Å². The van der Waals surface area contributed by atoms with Crippen LogP contribution >= 0.6 is 0 Å². The summed E-state index contributed by atoms with van der Waals surface area (Å²) in [5.74, 6) is 0. The molecule has 2 nitrogen and oxygen atoms in total. The van der Waals surface area contributed by atoms with Gasteiger partial charge in [0.1, 0.15) is 0 Å². The molecule has 0 rings (SSSR count). The molecule has 0 unspecified atom stereocenters. The summed E-state index contributed by atoms with van der Waals surface area (Å²) in [4.78, 5) is 0. The van der Waals surface area contributed by atoms with Crippen molar-refractivity contribution in [1.82, 2.24) is 0 Å². The van der Waals surface area contributed by atoms with Crippen LogP contribution in [0, 0.1) is 0 Å². The predicted octanol–water partition coefficient (Wildman–Crippen LogP) is 1.64. The van der Waals surface area contributed by atoms with Crippen molar-refractivity contribution >= 4 is 0 Å². The highest BCUT2D eigenvalue weighted by Crippen LogP contribution is 2.10. The van der Waals surface area contributed by atoms with Crippen molar-refractivity contribution in [2.45, 2.75) is 32.8 Å². The van der Waals surface area contributed by atoms with Gasteiger partial charge in [-0.05, 0) is 26.7 Å². The van der Waals surface area contributed by atoms with Gasteiger partial charge in [0.2, 0.25) is 0 Å². The zero-order valence-corrected chi connectivity index (χ0v) is 7.88. The maximum absolute atomic E-state index is 9.35. The van der Waals surface area contributed by atoms with Crippen LogP contribution in [0.25, 0.3) is 0 Å². The van der Waals surface area contributed by atoms with Crippen LogP contribution in [0.15, 0.2) is 23.8 Å². The molecule has 0 aliphatic heterocycles. The molecule has 0 bridgehead atoms. The second-order valence-electron chi connectivity index (χ2n) is 3.13. The average Bonchev–Trinajstić information content (AvgIpc) is 2.00. The molecule has 0 aliphatic rings. The van der Waals surface area contributed by atoms with Gasteiger partial charge in [0.15, 0.2) is 0 Å². The highest BCUT2D eigenvalue weighted by Gasteiger charge is 2.03. The average molecular weight is 170 g/mol. The number of hydrogen-bond acceptors (Lipinski definition) is 2. The first kappa shape index (κ1) is 11.4. The Hall–Kier alpha value is -0.600. The molecule has 0 fully saturated rings. The Labute approximate surface area is 74.2 Å². The van der Waals surface area contributed by atoms with Crippen LogP contribution in [0.5, 0.6) is 0 Å². The van der Waals surface area contributed by atoms with Gasteiger partial charge in [0.05, 0.1) is 12.7 Å². The summed E-state index contributed by atoms with van der Waals surface area (Å²) in [6.45, 7) is 7.50. The molecular formula is C10H18O2. The predicted molar refractivity (Wildman–Crippen MR) is 50.9 cm³/mol. The second-order valence-corrected chi connectivity index (χ2v) is 3.13. The smallest absolute Gasteiger partial charge is 0.0747 e. The van der Waals surface area contributed by atoms with E-state index in [-0.39, 0.29) is 6.61 Å². The fourth-order valence-electron chi connectivity index (χ4n) is 0.869. The Morgan fingerprint density at radius 1 is 1.50 bits per heavy atom. The van der Waals surface area contributed by atoms with Crippen molar-refractivity contribution in [1.29, 1.82) is 0 Å². The third kappa shape index (κ3) is 5.10. The molecule has 0 amide bonds. The molecule has 0 saturated heterocycles. The molecule has 2 N–H and O–H groups in total. The topological polar surface area (TPSA) is 40.5 Å². The van der Waals surface area contributed by atoms with Gasteiger partial charge < -0.3 is 10.2 Å². The van der Waals surface area contributed by atoms with Gasteiger partial charge in [0, 0.05) is 0 Å². The zero-order chi connectivity index (χ0) is 9.56. The van der Waals surface area contributed by atoms with E-state index in [4.69, 9.17) is 5.11 Å². The summed E-state index contributed by atoms with van der Waals surface area (Å²) < 4.78 is 0. The van der Waals surface area contributed by atoms with Gasteiger partial charge in [-0.15, -0.1) is 0 Å². The molecule has 0 saturated carbocycles. The Balaban J connectivity index is 3.68. The summed E-state index contributed by atoms with van der Waals surface area (Å²) in [7, 11) is 0. The molecule has 0 heterocycles. The van der Waals surface area contributed by atoms with E-state index in [0.29, 0.717) is 6.42 Å². The van der Waals surface area contributed by atoms with Crippen LogP contribution < -0.4 is 0 Å². The first-order chi connectivity index (χ1) is 5.57. The summed E-state index contributed by atoms with van der Waals surface area (Å²) >= 11 is 0. The monoisotopic (exact) mass is 170 g/mol. The van der Waals surface area contributed by atoms with Gasteiger partial charge >= 0.3 is 0 Å². The van der Waals surface area contributed by atoms with Gasteiger partial charge in [-0.25, -0.2) is 0 Å². The Bertz CT molecular complexity index is 171. The lowest BCUT2D eigenvalue weighted by Crippen LogP contribution is -2.06. The number of aliphatic hydroxyl groups excluding tert-OH is 2. The first-order valence-corrected chi connectivity index (χ1v) is 4.18. The van der Waals surface area contributed by atoms with E-state index < -0.39 is 6.10 Å². The number of rotatable bonds is 5. The van der Waals surface area contributed by atoms with Crippen LogP contribution in [0.1, 0.15) is 26.7 Å². The van der Waals surface area contributed by atoms with Gasteiger partial charge in [-0.3, -0.25) is 0 Å². The largest absolute Gasteiger partial charge is 0.392 e. The molecule has 0 aliphatic carbocycles. The maximum atomic E-state index is 9.35. The minimum absolute atomic E-state index is 0.0784. The van der Waals surface area contributed by atoms with E-state index in [2.05, 4.69) is 6.58 Å². The van der Waals surface area contributed by atoms with E-state index in [1.54, 1.807) is 6.08 Å². The molecule has 0 aromatic rings. The fourth-order valence-corrected chi connectivity index (χ4v) is 0.869. The second kappa shape index (κ2) is 5.98. The van der Waals surface area contributed by atoms with Crippen molar-refractivity contribution in [2.24, 2.45) is 0 Å². The molecule has 2 heteroatoms. The van der Waals surface area contributed by atoms with Gasteiger partial charge in [-0.1, -0.05) is 23.8 Å². The van der Waals surface area contributed by atoms with Crippen molar-refractivity contribution in [3.05, 3.63) is 23.8 Å². The molecule has 0 spiro atoms. The molecular weight excluding hydrogens is 152 g/mol. The quantitative estimate of drug-likeness (QED) is 0.616. The van der Waals surface area contributed by atoms with Crippen molar-refractivity contribution < 1.29 is 10.2 Å². The van der Waals surface area contributed by atoms with E-state index in [1.807, 2.05) is 13.8 Å². The molecule has 12 heavy (non-hydrogen) atoms. The highest BCUT2D eigenvalue weighted by molar-refractivity contribution is 5.02. The summed E-state index contributed by atoms with van der Waals surface area (Å²) in [6.07, 6.45) is 2.85. The molecule has 70 valence electrons. The first-order valence-electron chi connectivity index (χ1n) is 4.18. The summed E-state index contributed by atoms with van der Waals surface area (Å²) in [5.41, 5.74) is 1.91. The van der Waals surface area contributed by atoms with Crippen molar-refractivity contribution in [3.8, 4) is 0 Å². The number of allylic oxidation sites excluding steroid dienone is 1. The van der Waals surface area contributed by atoms with Crippen LogP contribution in [-0.2, 0) is 0 Å². The summed E-state index contributed by atoms with van der Waals surface area (Å²) in [6, 6.07) is 0. The van der Waals surface area contributed by atoms with E-state index in [1.165, 1.54) is 0 Å². The van der Waals surface area contributed by atoms with E-state index in [0.717, 1.165) is 17.6 Å². The molecule has 1 atom stereocenters. The third-order valence-electron chi connectivity index (χ3n) is 1.82. The lowest BCUT2D eigenvalue weighted by molar-refractivity contribution is 0.201. The Morgan fingerprint density at radius 3 is 2.50 bits per heavy atom. The SMILES string of the molecule is C=C(C)[C@H](O)CC/C(C)=C/CO. The normalized spacial score (nSPS) is 14.5. The molecule has 0 aromatic carbocycles. The summed E-state index contributed by atoms with van der Waals surface area (Å²) in [5, 5.41) is 17.9. The maximum Gasteiger partial charge on any atom is 0.0747 e. The molecule has 0 aromatic heterocycles. The van der Waals surface area contributed by atoms with Crippen molar-refractivity contribution in [2.75, 3.05) is 6.61 Å². The minimum Gasteiger partial charge on any atom is -0.392 e. The van der Waals surface area contributed by atoms with E-state index >= 15 is 0 Å². The lowest BCUT2D eigenvalue weighted by Gasteiger charge is -2.09. The van der Waals surface area contributed by atoms with Crippen LogP contribution in [-0.4, -0.2) is 22.9 Å². The highest BCUT2D eigenvalue weighted by atomic mass is 16.3. The van der Waals surface area contributed by atoms with Gasteiger partial charge in [0.25, 0.3) is 0 Å². The van der Waals surface area contributed by atoms with Crippen LogP contribution in [0.2, 0.25) is 0 Å². The van der Waals surface area contributed by atoms with Crippen molar-refractivity contribution in [3.63, 3.8) is 0 Å². The Morgan fingerprint density at radius 2 is 2.08 bits per heavy atom. The number of hydrogen-bond donors (Lipinski definition) is 2. The van der Waals surface area contributed by atoms with E-state index in [9.17, 15) is 5.11 Å². The standard InChI is InChI=1S/C10H18O2/c1-8(2)10(12)5-4-9(3)6-7-11/h6,10-12H,1,4-5,7H2,2-3H3/b9-6+/t10-/m1/s1. The minimum atomic E-state index is -0.410. The molecule has 0 radical (unpaired) electrons. The van der Waals surface area contributed by atoms with Crippen LogP contribution in [0.3, 0.4) is 0 Å². The Kier molecular flexibility index (Phi) is 5.68. The number of aliphatic hydroxyl groups is 2. The lowest BCUT2D eigenvalue weighted by atomic mass is 10.0. The van der Waals surface area contributed by atoms with Crippen LogP contribution in [0.4, 0.5) is 0 Å².